The van der Waals surface area contributed by atoms with Gasteiger partial charge in [-0.2, -0.15) is 5.10 Å². The summed E-state index contributed by atoms with van der Waals surface area (Å²) in [5.74, 6) is 0. The summed E-state index contributed by atoms with van der Waals surface area (Å²) in [4.78, 5) is 16.1. The molecule has 3 N–H and O–H groups in total. The molecule has 3 rings (SSSR count). The molecule has 0 aliphatic heterocycles. The van der Waals surface area contributed by atoms with Crippen molar-refractivity contribution in [3.8, 4) is 22.5 Å². The lowest BCUT2D eigenvalue weighted by Crippen LogP contribution is -2.11. The zero-order valence-corrected chi connectivity index (χ0v) is 12.5. The Morgan fingerprint density at radius 2 is 1.95 bits per heavy atom. The Kier molecular flexibility index (Phi) is 3.31. The molecular weight excluding hydrogens is 284 g/mol. The molecule has 2 heterocycles. The van der Waals surface area contributed by atoms with Crippen molar-refractivity contribution in [3.63, 3.8) is 0 Å². The highest BCUT2D eigenvalue weighted by atomic mass is 32.1. The standard InChI is InChI=1S/C15H14N4OS/c1-8-3-4-10(5-9(8)2)12-6-11(14(20)19-18-12)13-7-21-15(16)17-13/h3-7H,1-2H3,(H2,16,17)(H,19,20). The van der Waals surface area contributed by atoms with Gasteiger partial charge in [-0.25, -0.2) is 10.1 Å². The Labute approximate surface area is 125 Å². The van der Waals surface area contributed by atoms with E-state index in [1.54, 1.807) is 11.4 Å². The van der Waals surface area contributed by atoms with Crippen LogP contribution < -0.4 is 11.3 Å². The number of hydrogen-bond donors (Lipinski definition) is 2. The van der Waals surface area contributed by atoms with Gasteiger partial charge in [0, 0.05) is 10.9 Å². The average Bonchev–Trinajstić information content (AvgIpc) is 2.89. The Morgan fingerprint density at radius 1 is 1.14 bits per heavy atom. The van der Waals surface area contributed by atoms with Crippen LogP contribution in [-0.4, -0.2) is 15.2 Å². The third kappa shape index (κ3) is 2.57. The first-order valence-electron chi connectivity index (χ1n) is 6.43. The minimum atomic E-state index is -0.270. The number of H-pyrrole nitrogens is 1. The summed E-state index contributed by atoms with van der Waals surface area (Å²) in [7, 11) is 0. The van der Waals surface area contributed by atoms with Crippen LogP contribution in [-0.2, 0) is 0 Å². The van der Waals surface area contributed by atoms with Crippen molar-refractivity contribution in [2.45, 2.75) is 13.8 Å². The third-order valence-corrected chi connectivity index (χ3v) is 4.08. The molecule has 0 aliphatic rings. The van der Waals surface area contributed by atoms with Crippen LogP contribution in [0.4, 0.5) is 5.13 Å². The minimum Gasteiger partial charge on any atom is -0.375 e. The van der Waals surface area contributed by atoms with E-state index >= 15 is 0 Å². The normalized spacial score (nSPS) is 10.8. The van der Waals surface area contributed by atoms with Crippen molar-refractivity contribution in [2.24, 2.45) is 0 Å². The number of thiazole rings is 1. The van der Waals surface area contributed by atoms with Crippen LogP contribution in [0.15, 0.2) is 34.4 Å². The van der Waals surface area contributed by atoms with Crippen molar-refractivity contribution in [1.29, 1.82) is 0 Å². The van der Waals surface area contributed by atoms with Crippen molar-refractivity contribution in [2.75, 3.05) is 5.73 Å². The SMILES string of the molecule is Cc1ccc(-c2cc(-c3csc(N)n3)c(=O)[nH]n2)cc1C. The van der Waals surface area contributed by atoms with E-state index in [1.165, 1.54) is 22.5 Å². The second kappa shape index (κ2) is 5.14. The molecule has 3 aromatic rings. The highest BCUT2D eigenvalue weighted by Crippen LogP contribution is 2.24. The molecule has 0 amide bonds. The molecule has 106 valence electrons. The maximum Gasteiger partial charge on any atom is 0.273 e. The fourth-order valence-corrected chi connectivity index (χ4v) is 2.62. The predicted molar refractivity (Wildman–Crippen MR) is 85.3 cm³/mol. The van der Waals surface area contributed by atoms with Crippen molar-refractivity contribution < 1.29 is 0 Å². The topological polar surface area (TPSA) is 84.7 Å². The monoisotopic (exact) mass is 298 g/mol. The highest BCUT2D eigenvalue weighted by molar-refractivity contribution is 7.13. The molecule has 0 bridgehead atoms. The number of aromatic amines is 1. The van der Waals surface area contributed by atoms with Gasteiger partial charge in [0.2, 0.25) is 0 Å². The lowest BCUT2D eigenvalue weighted by atomic mass is 10.0. The number of nitrogens with two attached hydrogens (primary N) is 1. The molecule has 2 aromatic heterocycles. The van der Waals surface area contributed by atoms with Gasteiger partial charge in [-0.15, -0.1) is 11.3 Å². The molecule has 0 saturated carbocycles. The van der Waals surface area contributed by atoms with E-state index in [0.29, 0.717) is 22.1 Å². The van der Waals surface area contributed by atoms with E-state index in [2.05, 4.69) is 28.2 Å². The molecular formula is C15H14N4OS. The van der Waals surface area contributed by atoms with E-state index < -0.39 is 0 Å². The van der Waals surface area contributed by atoms with Crippen LogP contribution >= 0.6 is 11.3 Å². The predicted octanol–water partition coefficient (Wildman–Crippen LogP) is 2.76. The van der Waals surface area contributed by atoms with Gasteiger partial charge in [-0.3, -0.25) is 4.79 Å². The van der Waals surface area contributed by atoms with Gasteiger partial charge in [0.05, 0.1) is 17.0 Å². The number of nitrogen functional groups attached to an aromatic ring is 1. The average molecular weight is 298 g/mol. The highest BCUT2D eigenvalue weighted by Gasteiger charge is 2.11. The Bertz CT molecular complexity index is 866. The van der Waals surface area contributed by atoms with E-state index in [-0.39, 0.29) is 5.56 Å². The van der Waals surface area contributed by atoms with Gasteiger partial charge < -0.3 is 5.73 Å². The van der Waals surface area contributed by atoms with E-state index in [1.807, 2.05) is 19.1 Å². The molecule has 0 radical (unpaired) electrons. The second-order valence-corrected chi connectivity index (χ2v) is 5.76. The molecule has 0 fully saturated rings. The molecule has 0 aliphatic carbocycles. The van der Waals surface area contributed by atoms with Gasteiger partial charge >= 0.3 is 0 Å². The fourth-order valence-electron chi connectivity index (χ4n) is 2.06. The first kappa shape index (κ1) is 13.5. The summed E-state index contributed by atoms with van der Waals surface area (Å²) < 4.78 is 0. The summed E-state index contributed by atoms with van der Waals surface area (Å²) >= 11 is 1.31. The summed E-state index contributed by atoms with van der Waals surface area (Å²) in [5, 5.41) is 8.85. The van der Waals surface area contributed by atoms with Crippen LogP contribution in [0.1, 0.15) is 11.1 Å². The van der Waals surface area contributed by atoms with E-state index in [0.717, 1.165) is 5.56 Å². The molecule has 5 nitrogen and oxygen atoms in total. The van der Waals surface area contributed by atoms with E-state index in [9.17, 15) is 4.79 Å². The summed E-state index contributed by atoms with van der Waals surface area (Å²) in [5.41, 5.74) is 10.5. The largest absolute Gasteiger partial charge is 0.375 e. The first-order chi connectivity index (χ1) is 10.0. The van der Waals surface area contributed by atoms with Crippen molar-refractivity contribution in [1.82, 2.24) is 15.2 Å². The van der Waals surface area contributed by atoms with Crippen LogP contribution in [0.5, 0.6) is 0 Å². The van der Waals surface area contributed by atoms with Gasteiger partial charge in [0.1, 0.15) is 0 Å². The molecule has 21 heavy (non-hydrogen) atoms. The fraction of sp³-hybridized carbons (Fsp3) is 0.133. The smallest absolute Gasteiger partial charge is 0.273 e. The van der Waals surface area contributed by atoms with Crippen molar-refractivity contribution in [3.05, 3.63) is 51.1 Å². The van der Waals surface area contributed by atoms with Crippen molar-refractivity contribution >= 4 is 16.5 Å². The van der Waals surface area contributed by atoms with Crippen LogP contribution in [0.25, 0.3) is 22.5 Å². The molecule has 6 heteroatoms. The third-order valence-electron chi connectivity index (χ3n) is 3.40. The number of anilines is 1. The maximum absolute atomic E-state index is 11.9. The van der Waals surface area contributed by atoms with Crippen LogP contribution in [0, 0.1) is 13.8 Å². The Morgan fingerprint density at radius 3 is 2.62 bits per heavy atom. The molecule has 0 saturated heterocycles. The number of hydrogen-bond acceptors (Lipinski definition) is 5. The lowest BCUT2D eigenvalue weighted by Gasteiger charge is -2.05. The quantitative estimate of drug-likeness (QED) is 0.762. The summed E-state index contributed by atoms with van der Waals surface area (Å²) in [6, 6.07) is 7.83. The zero-order chi connectivity index (χ0) is 15.0. The Hall–Kier alpha value is -2.47. The van der Waals surface area contributed by atoms with Gasteiger partial charge in [0.25, 0.3) is 5.56 Å². The van der Waals surface area contributed by atoms with Crippen LogP contribution in [0.2, 0.25) is 0 Å². The summed E-state index contributed by atoms with van der Waals surface area (Å²) in [6.07, 6.45) is 0. The van der Waals surface area contributed by atoms with Gasteiger partial charge in [0.15, 0.2) is 5.13 Å². The van der Waals surface area contributed by atoms with E-state index in [4.69, 9.17) is 5.73 Å². The molecule has 0 unspecified atom stereocenters. The number of aryl methyl sites for hydroxylation is 2. The number of aromatic nitrogens is 3. The number of nitrogens with one attached hydrogen (secondary N) is 1. The Balaban J connectivity index is 2.13. The van der Waals surface area contributed by atoms with Gasteiger partial charge in [-0.1, -0.05) is 12.1 Å². The number of nitrogens with zero attached hydrogens (tertiary/aromatic N) is 2. The zero-order valence-electron chi connectivity index (χ0n) is 11.7. The molecule has 0 spiro atoms. The van der Waals surface area contributed by atoms with Gasteiger partial charge in [-0.05, 0) is 37.1 Å². The second-order valence-electron chi connectivity index (χ2n) is 4.87. The number of rotatable bonds is 2. The molecule has 1 aromatic carbocycles. The molecule has 0 atom stereocenters. The first-order valence-corrected chi connectivity index (χ1v) is 7.31. The summed E-state index contributed by atoms with van der Waals surface area (Å²) in [6.45, 7) is 4.11. The minimum absolute atomic E-state index is 0.270. The van der Waals surface area contributed by atoms with Crippen LogP contribution in [0.3, 0.4) is 0 Å². The lowest BCUT2D eigenvalue weighted by molar-refractivity contribution is 0.996. The maximum atomic E-state index is 11.9. The number of benzene rings is 1.